The molecule has 0 bridgehead atoms. The summed E-state index contributed by atoms with van der Waals surface area (Å²) in [7, 11) is 6.02. The highest BCUT2D eigenvalue weighted by Crippen LogP contribution is 2.34. The van der Waals surface area contributed by atoms with Crippen LogP contribution in [0.5, 0.6) is 11.5 Å². The van der Waals surface area contributed by atoms with Crippen molar-refractivity contribution in [3.63, 3.8) is 0 Å². The second-order valence-corrected chi connectivity index (χ2v) is 11.2. The Morgan fingerprint density at radius 2 is 1.10 bits per heavy atom. The van der Waals surface area contributed by atoms with Crippen LogP contribution in [0.1, 0.15) is 11.4 Å². The van der Waals surface area contributed by atoms with Gasteiger partial charge >= 0.3 is 0 Å². The van der Waals surface area contributed by atoms with Crippen LogP contribution >= 0.6 is 21.6 Å². The van der Waals surface area contributed by atoms with Gasteiger partial charge in [-0.15, -0.1) is 0 Å². The van der Waals surface area contributed by atoms with Gasteiger partial charge in [-0.05, 0) is 24.3 Å². The van der Waals surface area contributed by atoms with Gasteiger partial charge in [-0.1, -0.05) is 45.9 Å². The fourth-order valence-electron chi connectivity index (χ4n) is 4.52. The summed E-state index contributed by atoms with van der Waals surface area (Å²) in [4.78, 5) is 41.3. The van der Waals surface area contributed by atoms with E-state index in [9.17, 15) is 9.59 Å². The number of ether oxygens (including phenoxy) is 2. The first-order chi connectivity index (χ1) is 19.6. The first-order valence-corrected chi connectivity index (χ1v) is 14.8. The van der Waals surface area contributed by atoms with Crippen molar-refractivity contribution >= 4 is 43.7 Å². The van der Waals surface area contributed by atoms with Crippen LogP contribution in [0, 0.1) is 0 Å². The monoisotopic (exact) mass is 572 g/mol. The van der Waals surface area contributed by atoms with Gasteiger partial charge in [0, 0.05) is 36.0 Å². The highest BCUT2D eigenvalue weighted by Gasteiger charge is 2.18. The van der Waals surface area contributed by atoms with E-state index >= 15 is 0 Å². The maximum Gasteiger partial charge on any atom is 0.223 e. The lowest BCUT2D eigenvalue weighted by molar-refractivity contribution is 0.402. The molecule has 0 fully saturated rings. The second-order valence-electron chi connectivity index (χ2n) is 8.74. The maximum absolute atomic E-state index is 12.6. The molecule has 2 N–H and O–H groups in total. The van der Waals surface area contributed by atoms with E-state index in [2.05, 4.69) is 19.9 Å². The summed E-state index contributed by atoms with van der Waals surface area (Å²) in [6.07, 6.45) is 3.39. The molecule has 0 radical (unpaired) electrons. The van der Waals surface area contributed by atoms with E-state index in [1.165, 1.54) is 47.9 Å². The molecule has 0 saturated carbocycles. The van der Waals surface area contributed by atoms with E-state index in [1.54, 1.807) is 12.4 Å². The van der Waals surface area contributed by atoms with E-state index in [0.717, 1.165) is 22.1 Å². The standard InChI is InChI=1S/C28H24N6O4S2/c1-37-25-21(33(13-11-23(25)35)27-29-17-7-3-4-8-18(17)30-27)15-39-40-16-22-26(38-2)24(36)12-14-34(22)28-31-19-9-5-6-10-20(19)32-28/h3-14H,15-16H2,1-2H3,(H,29,30)(H,31,32). The first-order valence-electron chi connectivity index (χ1n) is 12.3. The Balaban J connectivity index is 1.29. The Hall–Kier alpha value is -4.42. The van der Waals surface area contributed by atoms with Crippen LogP contribution in [-0.2, 0) is 11.5 Å². The third kappa shape index (κ3) is 4.75. The highest BCUT2D eigenvalue weighted by atomic mass is 33.1. The van der Waals surface area contributed by atoms with Gasteiger partial charge in [0.1, 0.15) is 0 Å². The van der Waals surface area contributed by atoms with Crippen molar-refractivity contribution in [1.82, 2.24) is 29.1 Å². The minimum absolute atomic E-state index is 0.209. The SMILES string of the molecule is COc1c(CSSCc2c(OC)c(=O)ccn2-c2nc3ccccc3[nH]2)n(-c2nc3ccccc3[nH]2)ccc1=O. The van der Waals surface area contributed by atoms with Gasteiger partial charge in [-0.3, -0.25) is 18.7 Å². The number of H-pyrrole nitrogens is 2. The number of hydrogen-bond acceptors (Lipinski definition) is 8. The summed E-state index contributed by atoms with van der Waals surface area (Å²) in [5.41, 5.74) is 4.34. The number of rotatable bonds is 9. The Morgan fingerprint density at radius 3 is 1.50 bits per heavy atom. The van der Waals surface area contributed by atoms with E-state index in [0.29, 0.717) is 34.8 Å². The number of fused-ring (bicyclic) bond motifs is 2. The number of benzene rings is 2. The summed E-state index contributed by atoms with van der Waals surface area (Å²) in [6, 6.07) is 18.4. The molecule has 0 saturated heterocycles. The van der Waals surface area contributed by atoms with Gasteiger partial charge < -0.3 is 19.4 Å². The fourth-order valence-corrected chi connectivity index (χ4v) is 6.62. The largest absolute Gasteiger partial charge is 0.491 e. The normalized spacial score (nSPS) is 11.3. The molecule has 12 heteroatoms. The number of nitrogens with one attached hydrogen (secondary N) is 2. The van der Waals surface area contributed by atoms with Crippen molar-refractivity contribution in [3.05, 3.63) is 105 Å². The van der Waals surface area contributed by atoms with Gasteiger partial charge in [0.15, 0.2) is 11.5 Å². The van der Waals surface area contributed by atoms with Crippen LogP contribution in [0.25, 0.3) is 34.0 Å². The lowest BCUT2D eigenvalue weighted by Crippen LogP contribution is -2.15. The van der Waals surface area contributed by atoms with Gasteiger partial charge in [-0.2, -0.15) is 0 Å². The number of para-hydroxylation sites is 4. The summed E-state index contributed by atoms with van der Waals surface area (Å²) >= 11 is 0. The summed E-state index contributed by atoms with van der Waals surface area (Å²) in [6.45, 7) is 0. The number of pyridine rings is 2. The van der Waals surface area contributed by atoms with E-state index in [4.69, 9.17) is 9.47 Å². The predicted octanol–water partition coefficient (Wildman–Crippen LogP) is 4.84. The minimum Gasteiger partial charge on any atom is -0.491 e. The number of aromatic amines is 2. The minimum atomic E-state index is -0.209. The fraction of sp³-hybridized carbons (Fsp3) is 0.143. The van der Waals surface area contributed by atoms with Crippen molar-refractivity contribution in [1.29, 1.82) is 0 Å². The molecule has 0 atom stereocenters. The van der Waals surface area contributed by atoms with Crippen LogP contribution in [-0.4, -0.2) is 43.3 Å². The number of nitrogens with zero attached hydrogens (tertiary/aromatic N) is 4. The lowest BCUT2D eigenvalue weighted by atomic mass is 10.3. The zero-order valence-corrected chi connectivity index (χ0v) is 23.2. The molecular weight excluding hydrogens is 548 g/mol. The highest BCUT2D eigenvalue weighted by molar-refractivity contribution is 8.76. The Labute approximate surface area is 235 Å². The summed E-state index contributed by atoms with van der Waals surface area (Å²) in [5, 5.41) is 0. The molecule has 0 spiro atoms. The van der Waals surface area contributed by atoms with Crippen molar-refractivity contribution in [2.45, 2.75) is 11.5 Å². The van der Waals surface area contributed by atoms with Crippen LogP contribution in [0.4, 0.5) is 0 Å². The molecule has 202 valence electrons. The van der Waals surface area contributed by atoms with Crippen LogP contribution < -0.4 is 20.3 Å². The van der Waals surface area contributed by atoms with Crippen molar-refractivity contribution in [2.75, 3.05) is 14.2 Å². The zero-order chi connectivity index (χ0) is 27.6. The van der Waals surface area contributed by atoms with Crippen LogP contribution in [0.3, 0.4) is 0 Å². The number of hydrogen-bond donors (Lipinski definition) is 2. The smallest absolute Gasteiger partial charge is 0.223 e. The molecule has 2 aromatic carbocycles. The average Bonchev–Trinajstić information content (AvgIpc) is 3.60. The van der Waals surface area contributed by atoms with Crippen LogP contribution in [0.2, 0.25) is 0 Å². The second kappa shape index (κ2) is 11.0. The van der Waals surface area contributed by atoms with Crippen molar-refractivity contribution < 1.29 is 9.47 Å². The molecule has 6 rings (SSSR count). The van der Waals surface area contributed by atoms with E-state index < -0.39 is 0 Å². The molecule has 40 heavy (non-hydrogen) atoms. The number of aromatic nitrogens is 6. The van der Waals surface area contributed by atoms with Crippen LogP contribution in [0.15, 0.2) is 82.6 Å². The third-order valence-electron chi connectivity index (χ3n) is 6.40. The molecule has 0 aliphatic rings. The van der Waals surface area contributed by atoms with Gasteiger partial charge in [0.05, 0.1) is 47.7 Å². The topological polar surface area (TPSA) is 120 Å². The average molecular weight is 573 g/mol. The third-order valence-corrected chi connectivity index (χ3v) is 8.55. The molecule has 6 aromatic rings. The first kappa shape index (κ1) is 25.8. The number of methoxy groups -OCH3 is 2. The molecule has 10 nitrogen and oxygen atoms in total. The van der Waals surface area contributed by atoms with E-state index in [-0.39, 0.29) is 22.4 Å². The zero-order valence-electron chi connectivity index (χ0n) is 21.6. The molecule has 0 aliphatic heterocycles. The molecule has 4 heterocycles. The maximum atomic E-state index is 12.6. The van der Waals surface area contributed by atoms with Crippen molar-refractivity contribution in [2.24, 2.45) is 0 Å². The van der Waals surface area contributed by atoms with E-state index in [1.807, 2.05) is 57.7 Å². The summed E-state index contributed by atoms with van der Waals surface area (Å²) in [5.74, 6) is 2.56. The predicted molar refractivity (Wildman–Crippen MR) is 159 cm³/mol. The lowest BCUT2D eigenvalue weighted by Gasteiger charge is -2.16. The molecule has 0 unspecified atom stereocenters. The molecule has 0 amide bonds. The summed E-state index contributed by atoms with van der Waals surface area (Å²) < 4.78 is 14.7. The molecule has 4 aromatic heterocycles. The number of imidazole rings is 2. The molecular formula is C28H24N6O4S2. The Morgan fingerprint density at radius 1 is 0.675 bits per heavy atom. The molecule has 0 aliphatic carbocycles. The van der Waals surface area contributed by atoms with Gasteiger partial charge in [0.2, 0.25) is 22.8 Å². The van der Waals surface area contributed by atoms with Gasteiger partial charge in [0.25, 0.3) is 0 Å². The van der Waals surface area contributed by atoms with Crippen molar-refractivity contribution in [3.8, 4) is 23.4 Å². The Kier molecular flexibility index (Phi) is 7.10. The quantitative estimate of drug-likeness (QED) is 0.187. The van der Waals surface area contributed by atoms with Gasteiger partial charge in [-0.25, -0.2) is 9.97 Å². The Bertz CT molecular complexity index is 1750.